The minimum atomic E-state index is -0.440. The summed E-state index contributed by atoms with van der Waals surface area (Å²) in [4.78, 5) is 37.8. The molecule has 0 spiro atoms. The Balaban J connectivity index is 1.81. The Morgan fingerprint density at radius 3 is 2.27 bits per heavy atom. The van der Waals surface area contributed by atoms with Crippen molar-refractivity contribution < 1.29 is 14.4 Å². The van der Waals surface area contributed by atoms with Gasteiger partial charge in [-0.1, -0.05) is 17.7 Å². The minimum Gasteiger partial charge on any atom is -0.378 e. The van der Waals surface area contributed by atoms with Crippen LogP contribution in [0.3, 0.4) is 0 Å². The highest BCUT2D eigenvalue weighted by Crippen LogP contribution is 2.13. The molecule has 2 aromatic rings. The molecule has 0 unspecified atom stereocenters. The van der Waals surface area contributed by atoms with Crippen molar-refractivity contribution in [3.05, 3.63) is 64.7 Å². The number of Topliss-reactive ketones (excluding diaryl/α,β-unsaturated/α-hetero) is 1. The first-order valence-corrected chi connectivity index (χ1v) is 8.40. The van der Waals surface area contributed by atoms with E-state index >= 15 is 0 Å². The first-order valence-electron chi connectivity index (χ1n) is 8.02. The van der Waals surface area contributed by atoms with Crippen LogP contribution in [0, 0.1) is 0 Å². The van der Waals surface area contributed by atoms with Gasteiger partial charge in [0, 0.05) is 48.8 Å². The molecule has 0 heterocycles. The van der Waals surface area contributed by atoms with Crippen LogP contribution < -0.4 is 15.8 Å². The maximum absolute atomic E-state index is 12.1. The number of hydrogen-bond acceptors (Lipinski definition) is 4. The van der Waals surface area contributed by atoms with Crippen molar-refractivity contribution in [2.75, 3.05) is 19.0 Å². The number of benzene rings is 2. The van der Waals surface area contributed by atoms with Gasteiger partial charge in [0.15, 0.2) is 5.78 Å². The van der Waals surface area contributed by atoms with E-state index in [-0.39, 0.29) is 18.6 Å². The summed E-state index contributed by atoms with van der Waals surface area (Å²) >= 11 is 5.77. The summed E-state index contributed by atoms with van der Waals surface area (Å²) in [7, 11) is 3.74. The summed E-state index contributed by atoms with van der Waals surface area (Å²) in [5, 5.41) is 0.542. The van der Waals surface area contributed by atoms with Gasteiger partial charge in [0.1, 0.15) is 0 Å². The minimum absolute atomic E-state index is 0.0283. The van der Waals surface area contributed by atoms with E-state index in [1.54, 1.807) is 42.5 Å². The maximum Gasteiger partial charge on any atom is 0.269 e. The lowest BCUT2D eigenvalue weighted by Gasteiger charge is -2.13. The summed E-state index contributed by atoms with van der Waals surface area (Å²) in [5.74, 6) is -1.03. The highest BCUT2D eigenvalue weighted by Gasteiger charge is 2.11. The summed E-state index contributed by atoms with van der Waals surface area (Å²) in [5.41, 5.74) is 6.46. The third kappa shape index (κ3) is 5.60. The Morgan fingerprint density at radius 1 is 0.923 bits per heavy atom. The quantitative estimate of drug-likeness (QED) is 0.603. The SMILES string of the molecule is CN(C)c1cccc(C(=O)NNC(=O)CCC(=O)c2ccc(Cl)cc2)c1. The van der Waals surface area contributed by atoms with E-state index in [9.17, 15) is 14.4 Å². The first kappa shape index (κ1) is 19.5. The summed E-state index contributed by atoms with van der Waals surface area (Å²) in [6.45, 7) is 0. The Morgan fingerprint density at radius 2 is 1.62 bits per heavy atom. The molecule has 0 saturated carbocycles. The molecule has 0 aliphatic rings. The maximum atomic E-state index is 12.1. The zero-order valence-corrected chi connectivity index (χ0v) is 15.3. The fraction of sp³-hybridized carbons (Fsp3) is 0.211. The second kappa shape index (κ2) is 9.01. The predicted molar refractivity (Wildman–Crippen MR) is 101 cm³/mol. The molecule has 2 rings (SSSR count). The molecule has 2 aromatic carbocycles. The van der Waals surface area contributed by atoms with Crippen LogP contribution in [0.4, 0.5) is 5.69 Å². The van der Waals surface area contributed by atoms with Gasteiger partial charge >= 0.3 is 0 Å². The summed E-state index contributed by atoms with van der Waals surface area (Å²) in [6.07, 6.45) is 0.0128. The van der Waals surface area contributed by atoms with Gasteiger partial charge in [0.2, 0.25) is 5.91 Å². The smallest absolute Gasteiger partial charge is 0.269 e. The van der Waals surface area contributed by atoms with E-state index in [0.29, 0.717) is 16.1 Å². The largest absolute Gasteiger partial charge is 0.378 e. The van der Waals surface area contributed by atoms with Gasteiger partial charge in [-0.2, -0.15) is 0 Å². The van der Waals surface area contributed by atoms with Crippen LogP contribution in [-0.2, 0) is 4.79 Å². The van der Waals surface area contributed by atoms with Gasteiger partial charge in [-0.15, -0.1) is 0 Å². The average Bonchev–Trinajstić information content (AvgIpc) is 2.64. The lowest BCUT2D eigenvalue weighted by molar-refractivity contribution is -0.121. The number of amides is 2. The van der Waals surface area contributed by atoms with Crippen LogP contribution in [0.25, 0.3) is 0 Å². The van der Waals surface area contributed by atoms with Gasteiger partial charge < -0.3 is 4.90 Å². The highest BCUT2D eigenvalue weighted by atomic mass is 35.5. The van der Waals surface area contributed by atoms with Gasteiger partial charge in [-0.3, -0.25) is 25.2 Å². The zero-order chi connectivity index (χ0) is 19.1. The lowest BCUT2D eigenvalue weighted by Crippen LogP contribution is -2.41. The summed E-state index contributed by atoms with van der Waals surface area (Å²) < 4.78 is 0. The van der Waals surface area contributed by atoms with Crippen LogP contribution in [0.1, 0.15) is 33.6 Å². The number of halogens is 1. The number of nitrogens with zero attached hydrogens (tertiary/aromatic N) is 1. The second-order valence-corrected chi connectivity index (χ2v) is 6.31. The van der Waals surface area contributed by atoms with Crippen molar-refractivity contribution in [1.82, 2.24) is 10.9 Å². The van der Waals surface area contributed by atoms with Crippen LogP contribution in [-0.4, -0.2) is 31.7 Å². The standard InChI is InChI=1S/C19H20ClN3O3/c1-23(2)16-5-3-4-14(12-16)19(26)22-21-18(25)11-10-17(24)13-6-8-15(20)9-7-13/h3-9,12H,10-11H2,1-2H3,(H,21,25)(H,22,26). The van der Waals surface area contributed by atoms with Gasteiger partial charge in [0.25, 0.3) is 5.91 Å². The number of ketones is 1. The third-order valence-electron chi connectivity index (χ3n) is 3.69. The normalized spacial score (nSPS) is 10.1. The van der Waals surface area contributed by atoms with Crippen molar-refractivity contribution in [3.8, 4) is 0 Å². The molecule has 0 aliphatic carbocycles. The zero-order valence-electron chi connectivity index (χ0n) is 14.6. The van der Waals surface area contributed by atoms with Crippen LogP contribution in [0.15, 0.2) is 48.5 Å². The molecule has 26 heavy (non-hydrogen) atoms. The van der Waals surface area contributed by atoms with Crippen molar-refractivity contribution in [2.45, 2.75) is 12.8 Å². The Labute approximate surface area is 157 Å². The molecular formula is C19H20ClN3O3. The van der Waals surface area contributed by atoms with Crippen molar-refractivity contribution in [1.29, 1.82) is 0 Å². The Bertz CT molecular complexity index is 804. The molecule has 0 radical (unpaired) electrons. The van der Waals surface area contributed by atoms with E-state index in [1.165, 1.54) is 0 Å². The molecule has 6 nitrogen and oxygen atoms in total. The average molecular weight is 374 g/mol. The van der Waals surface area contributed by atoms with Crippen LogP contribution >= 0.6 is 11.6 Å². The number of hydrogen-bond donors (Lipinski definition) is 2. The van der Waals surface area contributed by atoms with Crippen molar-refractivity contribution in [2.24, 2.45) is 0 Å². The molecule has 2 N–H and O–H groups in total. The highest BCUT2D eigenvalue weighted by molar-refractivity contribution is 6.30. The van der Waals surface area contributed by atoms with Crippen LogP contribution in [0.5, 0.6) is 0 Å². The van der Waals surface area contributed by atoms with E-state index < -0.39 is 11.8 Å². The Kier molecular flexibility index (Phi) is 6.74. The third-order valence-corrected chi connectivity index (χ3v) is 3.94. The first-order chi connectivity index (χ1) is 12.4. The fourth-order valence-corrected chi connectivity index (χ4v) is 2.32. The number of rotatable bonds is 6. The summed E-state index contributed by atoms with van der Waals surface area (Å²) in [6, 6.07) is 13.5. The van der Waals surface area contributed by atoms with Gasteiger partial charge in [-0.05, 0) is 42.5 Å². The lowest BCUT2D eigenvalue weighted by atomic mass is 10.1. The molecule has 0 atom stereocenters. The van der Waals surface area contributed by atoms with E-state index in [1.807, 2.05) is 25.1 Å². The van der Waals surface area contributed by atoms with E-state index in [4.69, 9.17) is 11.6 Å². The van der Waals surface area contributed by atoms with E-state index in [0.717, 1.165) is 5.69 Å². The molecule has 0 aliphatic heterocycles. The topological polar surface area (TPSA) is 78.5 Å². The van der Waals surface area contributed by atoms with E-state index in [2.05, 4.69) is 10.9 Å². The Hall–Kier alpha value is -2.86. The number of carbonyl (C=O) groups excluding carboxylic acids is 3. The predicted octanol–water partition coefficient (Wildman–Crippen LogP) is 2.83. The number of carbonyl (C=O) groups is 3. The number of nitrogens with one attached hydrogen (secondary N) is 2. The monoisotopic (exact) mass is 373 g/mol. The van der Waals surface area contributed by atoms with Gasteiger partial charge in [0.05, 0.1) is 0 Å². The molecular weight excluding hydrogens is 354 g/mol. The van der Waals surface area contributed by atoms with Crippen LogP contribution in [0.2, 0.25) is 5.02 Å². The van der Waals surface area contributed by atoms with Crippen molar-refractivity contribution in [3.63, 3.8) is 0 Å². The molecule has 0 aromatic heterocycles. The molecule has 136 valence electrons. The molecule has 0 saturated heterocycles. The molecule has 2 amide bonds. The second-order valence-electron chi connectivity index (χ2n) is 5.88. The molecule has 0 fully saturated rings. The molecule has 0 bridgehead atoms. The number of hydrazine groups is 1. The van der Waals surface area contributed by atoms with Gasteiger partial charge in [-0.25, -0.2) is 0 Å². The molecule has 7 heteroatoms. The fourth-order valence-electron chi connectivity index (χ4n) is 2.19. The van der Waals surface area contributed by atoms with Crippen molar-refractivity contribution >= 4 is 34.9 Å². The number of anilines is 1.